The molecule has 1 saturated heterocycles. The number of cyclic esters (lactones) is 2. The van der Waals surface area contributed by atoms with Crippen LogP contribution in [-0.4, -0.2) is 392 Å². The number of esters is 3. The summed E-state index contributed by atoms with van der Waals surface area (Å²) < 4.78 is 18.7. The van der Waals surface area contributed by atoms with Crippen LogP contribution in [0.25, 0.3) is 0 Å². The van der Waals surface area contributed by atoms with Crippen molar-refractivity contribution in [1.29, 1.82) is 0 Å². The normalized spacial score (nSPS) is 10.9. The predicted octanol–water partition coefficient (Wildman–Crippen LogP) is -14.2. The minimum absolute atomic E-state index is 0. The number of nitrogen functional groups attached to an aromatic ring is 3. The molecule has 0 atom stereocenters. The predicted molar refractivity (Wildman–Crippen MR) is 447 cm³/mol. The number of benzene rings is 4. The van der Waals surface area contributed by atoms with Gasteiger partial charge in [0, 0.05) is 124 Å². The number of nitrogens with two attached hydrogens (primary N) is 6. The maximum atomic E-state index is 12.5. The summed E-state index contributed by atoms with van der Waals surface area (Å²) in [6.07, 6.45) is 0.250. The zero-order valence-electron chi connectivity index (χ0n) is 73.6. The summed E-state index contributed by atoms with van der Waals surface area (Å²) in [5.74, 6) is 9.15. The van der Waals surface area contributed by atoms with Crippen molar-refractivity contribution in [3.8, 4) is 0 Å². The second kappa shape index (κ2) is 79.5. The molecule has 1 heterocycles. The maximum absolute atomic E-state index is 12.5. The van der Waals surface area contributed by atoms with Crippen LogP contribution in [-0.2, 0) is 95.7 Å². The van der Waals surface area contributed by atoms with E-state index in [0.717, 1.165) is 4.90 Å². The van der Waals surface area contributed by atoms with E-state index in [9.17, 15) is 116 Å². The Morgan fingerprint density at radius 1 is 0.452 bits per heavy atom. The van der Waals surface area contributed by atoms with Crippen LogP contribution in [0, 0.1) is 86.9 Å². The van der Waals surface area contributed by atoms with Gasteiger partial charge >= 0.3 is 163 Å². The molecule has 4 aromatic carbocycles. The van der Waals surface area contributed by atoms with Crippen LogP contribution in [0.2, 0.25) is 0 Å². The van der Waals surface area contributed by atoms with Crippen molar-refractivity contribution in [1.82, 2.24) is 60.4 Å². The minimum Gasteiger partial charge on any atom is -0.549 e. The van der Waals surface area contributed by atoms with Crippen LogP contribution in [0.5, 0.6) is 0 Å². The Hall–Kier alpha value is -10.7. The fourth-order valence-corrected chi connectivity index (χ4v) is 10.6. The first-order chi connectivity index (χ1) is 62.6. The number of carboxylic acids is 8. The number of amides is 3. The van der Waals surface area contributed by atoms with Crippen molar-refractivity contribution in [2.45, 2.75) is 13.8 Å². The average Bonchev–Trinajstić information content (AvgIpc) is 0.874. The topological polar surface area (TPSA) is 828 Å². The number of nitrogens with zero attached hydrogens (tertiary/aromatic N) is 9. The van der Waals surface area contributed by atoms with E-state index < -0.39 is 130 Å². The van der Waals surface area contributed by atoms with Gasteiger partial charge in [0.15, 0.2) is 23.1 Å². The van der Waals surface area contributed by atoms with E-state index in [1.54, 1.807) is 82.3 Å². The quantitative estimate of drug-likeness (QED) is 0.00167. The van der Waals surface area contributed by atoms with Crippen molar-refractivity contribution in [3.63, 3.8) is 0 Å². The number of hydrogen-bond acceptors (Lipinski definition) is 46. The number of anilines is 2. The molecule has 4 aromatic rings. The van der Waals surface area contributed by atoms with Gasteiger partial charge in [0.25, 0.3) is 30.7 Å². The van der Waals surface area contributed by atoms with E-state index in [-0.39, 0.29) is 282 Å². The van der Waals surface area contributed by atoms with Crippen molar-refractivity contribution in [3.05, 3.63) is 137 Å². The summed E-state index contributed by atoms with van der Waals surface area (Å²) in [7, 11) is 3.76. The second-order valence-electron chi connectivity index (χ2n) is 26.8. The van der Waals surface area contributed by atoms with Crippen LogP contribution in [0.4, 0.5) is 11.4 Å². The number of rotatable bonds is 58. The Labute approximate surface area is 858 Å². The van der Waals surface area contributed by atoms with Crippen molar-refractivity contribution in [2.24, 2.45) is 34.9 Å². The van der Waals surface area contributed by atoms with E-state index in [1.165, 1.54) is 67.8 Å². The monoisotopic (exact) mass is 2210 g/mol. The molecule has 0 bridgehead atoms. The van der Waals surface area contributed by atoms with Crippen LogP contribution in [0.15, 0.2) is 97.1 Å². The van der Waals surface area contributed by atoms with Gasteiger partial charge in [0.2, 0.25) is 0 Å². The number of nitrogens with one attached hydrogen (secondary N) is 5. The Balaban J connectivity index is -0.000000535. The maximum Gasteiger partial charge on any atom is 3.00 e. The zero-order chi connectivity index (χ0) is 100. The molecule has 0 saturated carbocycles. The van der Waals surface area contributed by atoms with Gasteiger partial charge in [-0.05, 0) is 99.7 Å². The number of ether oxygens (including phenoxy) is 4. The molecule has 5 rings (SSSR count). The summed E-state index contributed by atoms with van der Waals surface area (Å²) in [5.41, 5.74) is 14.9. The smallest absolute Gasteiger partial charge is 0.549 e. The molecule has 0 unspecified atom stereocenters. The van der Waals surface area contributed by atoms with E-state index in [4.69, 9.17) is 62.8 Å². The number of hydrazine groups is 4. The molecule has 135 heavy (non-hydrogen) atoms. The molecule has 22 N–H and O–H groups in total. The second-order valence-corrected chi connectivity index (χ2v) is 26.8. The third-order valence-electron chi connectivity index (χ3n) is 16.8. The summed E-state index contributed by atoms with van der Waals surface area (Å²) in [5, 5.41) is 83.1. The molecule has 738 valence electrons. The van der Waals surface area contributed by atoms with Gasteiger partial charge in [-0.2, -0.15) is 9.59 Å². The van der Waals surface area contributed by atoms with Crippen molar-refractivity contribution < 1.29 is 275 Å². The summed E-state index contributed by atoms with van der Waals surface area (Å²) in [4.78, 5) is 252. The fraction of sp³-hybridized carbons (Fsp3) is 0.410. The molecule has 3 amide bonds. The van der Waals surface area contributed by atoms with Crippen LogP contribution >= 0.6 is 0 Å². The number of carboxylic acid groups (broad SMARTS) is 8. The number of carbonyl (C=O) groups is 20. The Morgan fingerprint density at radius 3 is 1.02 bits per heavy atom. The Morgan fingerprint density at radius 2 is 0.726 bits per heavy atom. The molecule has 2 radical (unpaired) electrons. The largest absolute Gasteiger partial charge is 3.00 e. The SMILES string of the molecule is CCOC(=O)c1ccc(C(C)=O)cc1.NCC(=O)c1ccc(C(=O)NN)cc1.NN.NNC(=O)c1ccc(NCC(=O)CN(CCN(CCN(CC(=O)O)CC(=O)O)COC=O)CC(=O)O)cc1.O=C=O.O=COCN(CCN(CC(=O)O)CC(=O)O)CCN1CC(=O)OC(=O)C1.[CH2-]N(CCN(CC(=O)[O-])CC(=O)[O-])CCN(CC(=O)[O-])CC(=O)CNc1ccc(C(=O)NN)cc1.[Gd+3].[Gd+3].[Na+]. The molecule has 1 fully saturated rings. The van der Waals surface area contributed by atoms with Gasteiger partial charge < -0.3 is 95.5 Å². The molecule has 0 spiro atoms. The summed E-state index contributed by atoms with van der Waals surface area (Å²) in [6.45, 7) is 0.854. The van der Waals surface area contributed by atoms with E-state index >= 15 is 0 Å². The van der Waals surface area contributed by atoms with E-state index in [0.29, 0.717) is 64.5 Å². The third kappa shape index (κ3) is 67.2. The average molecular weight is 2210 g/mol. The van der Waals surface area contributed by atoms with Gasteiger partial charge in [-0.25, -0.2) is 22.3 Å². The first-order valence-corrected chi connectivity index (χ1v) is 38.6. The molecule has 0 aliphatic carbocycles. The number of carbonyl (C=O) groups excluding carboxylic acids is 17. The first-order valence-electron chi connectivity index (χ1n) is 38.6. The number of hydrogen-bond donors (Lipinski definition) is 16. The van der Waals surface area contributed by atoms with E-state index in [2.05, 4.69) is 38.8 Å². The zero-order valence-corrected chi connectivity index (χ0v) is 80.1. The number of Topliss-reactive ketones (excluding diaryl/α,β-unsaturated/α-hetero) is 4. The number of ketones is 4. The summed E-state index contributed by atoms with van der Waals surface area (Å²) >= 11 is 0. The van der Waals surface area contributed by atoms with Crippen LogP contribution < -0.4 is 107 Å². The first kappa shape index (κ1) is 133. The third-order valence-corrected chi connectivity index (χ3v) is 16.8. The van der Waals surface area contributed by atoms with Crippen LogP contribution in [0.1, 0.15) is 76.0 Å². The Kier molecular flexibility index (Phi) is 78.2. The van der Waals surface area contributed by atoms with Gasteiger partial charge in [0.05, 0.1) is 109 Å². The molecule has 1 aliphatic rings. The number of morpholine rings is 1. The molecule has 57 heteroatoms. The van der Waals surface area contributed by atoms with Gasteiger partial charge in [-0.1, -0.05) is 24.3 Å². The van der Waals surface area contributed by atoms with Gasteiger partial charge in [-0.3, -0.25) is 151 Å². The Bertz CT molecular complexity index is 4300. The molecular formula is C78H108Gd2N20NaO34+3. The van der Waals surface area contributed by atoms with E-state index in [1.807, 2.05) is 16.3 Å². The fourth-order valence-electron chi connectivity index (χ4n) is 10.6. The van der Waals surface area contributed by atoms with Crippen molar-refractivity contribution in [2.75, 3.05) is 207 Å². The molecule has 0 aromatic heterocycles. The minimum atomic E-state index is -1.44. The van der Waals surface area contributed by atoms with Crippen LogP contribution in [0.3, 0.4) is 0 Å². The molecule has 1 aliphatic heterocycles. The van der Waals surface area contributed by atoms with Gasteiger partial charge in [0.1, 0.15) is 13.5 Å². The van der Waals surface area contributed by atoms with Crippen molar-refractivity contribution >= 4 is 137 Å². The standard InChI is InChI=1S/C22H32N6O10.C21H31N6O8.C14H21N3O9.C11H12O3.C9H11N3O2.CO2.2Gd.H4N2.Na/c23-25-22(37)16-1-3-17(4-2-16)24-9-18(30)10-27(11-19(31)32)7-5-26(14-38-15-29)6-8-28(12-20(33)34)13-21(35)36;1-25(7-9-27(13-19(31)32)14-20(33)34)6-8-26(12-18(29)30)11-17(28)10-23-16-4-2-15(3-5-16)21(35)24-22;18-10-25-9-15(1-3-16(5-11(19)20)6-12(21)22)2-4-17-7-13(23)26-14(24)8-17;1-3-14-11(13)10-6-4-9(5-7-10)8(2)12;10-5-8(13)6-1-3-7(4-2-6)9(14)12-11;2-1-3;;;1-2;/h1-4,15,24H,5-14,23H2,(H,25,37)(H,31,32)(H,33,34)(H,35,36);2-5,23H,1,6-14,22H2,(H,24,35)(H,29,30)(H,31,32)(H,33,34);10H,1-9H2,(H,19,20)(H,21,22);4-7H,3H2,1-2H3;1-4H,5,10-11H2,(H,12,14);;;;1-2H2;/q;-1;;;;;2*+3;;+1/p-3. The van der Waals surface area contributed by atoms with Gasteiger partial charge in [-0.15, -0.1) is 0 Å². The molecule has 54 nitrogen and oxygen atoms in total. The summed E-state index contributed by atoms with van der Waals surface area (Å²) in [6, 6.07) is 24.9. The molecular weight excluding hydrogens is 2100 g/mol. The number of aliphatic carboxylic acids is 8.